The Labute approximate surface area is 118 Å². The lowest BCUT2D eigenvalue weighted by Crippen LogP contribution is -2.08. The Hall–Kier alpha value is -1.62. The van der Waals surface area contributed by atoms with Crippen LogP contribution in [0.4, 0.5) is 11.6 Å². The molecule has 2 aromatic heterocycles. The van der Waals surface area contributed by atoms with Gasteiger partial charge in [-0.1, -0.05) is 20.3 Å². The number of hydrogen-bond acceptors (Lipinski definition) is 5. The minimum absolute atomic E-state index is 0.584. The van der Waals surface area contributed by atoms with E-state index < -0.39 is 0 Å². The molecule has 2 heterocycles. The molecule has 0 spiro atoms. The molecule has 0 bridgehead atoms. The van der Waals surface area contributed by atoms with Gasteiger partial charge in [-0.25, -0.2) is 9.97 Å². The quantitative estimate of drug-likeness (QED) is 0.850. The number of aromatic nitrogens is 2. The second-order valence-electron chi connectivity index (χ2n) is 4.41. The van der Waals surface area contributed by atoms with Gasteiger partial charge in [0.05, 0.1) is 6.54 Å². The van der Waals surface area contributed by atoms with E-state index in [9.17, 15) is 0 Å². The monoisotopic (exact) mass is 276 g/mol. The van der Waals surface area contributed by atoms with Gasteiger partial charge in [0.25, 0.3) is 0 Å². The van der Waals surface area contributed by atoms with E-state index >= 15 is 0 Å². The van der Waals surface area contributed by atoms with E-state index in [0.29, 0.717) is 5.82 Å². The minimum atomic E-state index is 0.584. The summed E-state index contributed by atoms with van der Waals surface area (Å²) in [5.74, 6) is 1.45. The lowest BCUT2D eigenvalue weighted by molar-refractivity contribution is 0.901. The van der Waals surface area contributed by atoms with Crippen LogP contribution in [0.15, 0.2) is 17.8 Å². The molecule has 0 aromatic carbocycles. The predicted molar refractivity (Wildman–Crippen MR) is 81.5 cm³/mol. The first-order valence-corrected chi connectivity index (χ1v) is 7.52. The minimum Gasteiger partial charge on any atom is -0.383 e. The molecule has 0 fully saturated rings. The fourth-order valence-electron chi connectivity index (χ4n) is 2.08. The van der Waals surface area contributed by atoms with Crippen molar-refractivity contribution in [3.63, 3.8) is 0 Å². The van der Waals surface area contributed by atoms with Gasteiger partial charge in [-0.3, -0.25) is 0 Å². The molecule has 0 radical (unpaired) electrons. The number of nitrogens with one attached hydrogen (secondary N) is 1. The number of nitrogens with two attached hydrogens (primary N) is 1. The Balaban J connectivity index is 2.13. The second-order valence-corrected chi connectivity index (χ2v) is 5.41. The molecule has 0 aliphatic rings. The van der Waals surface area contributed by atoms with Crippen molar-refractivity contribution in [2.75, 3.05) is 11.1 Å². The molecule has 0 aliphatic heterocycles. The van der Waals surface area contributed by atoms with Crippen molar-refractivity contribution in [2.45, 2.75) is 39.7 Å². The van der Waals surface area contributed by atoms with Crippen molar-refractivity contribution < 1.29 is 0 Å². The smallest absolute Gasteiger partial charge is 0.135 e. The standard InChI is InChI=1S/C14H20N4S/c1-3-5-11-13(15)17-9-18-14(11)16-8-12-10(4-2)6-7-19-12/h6-7,9H,3-5,8H2,1-2H3,(H3,15,16,17,18). The van der Waals surface area contributed by atoms with Crippen LogP contribution in [-0.2, 0) is 19.4 Å². The van der Waals surface area contributed by atoms with E-state index in [2.05, 4.69) is 40.6 Å². The highest BCUT2D eigenvalue weighted by atomic mass is 32.1. The Bertz CT molecular complexity index is 536. The van der Waals surface area contributed by atoms with Gasteiger partial charge in [-0.15, -0.1) is 11.3 Å². The maximum atomic E-state index is 5.92. The number of rotatable bonds is 6. The van der Waals surface area contributed by atoms with Crippen molar-refractivity contribution in [3.8, 4) is 0 Å². The van der Waals surface area contributed by atoms with E-state index in [1.54, 1.807) is 11.3 Å². The van der Waals surface area contributed by atoms with E-state index in [1.165, 1.54) is 16.8 Å². The fraction of sp³-hybridized carbons (Fsp3) is 0.429. The Morgan fingerprint density at radius 1 is 1.32 bits per heavy atom. The molecule has 0 amide bonds. The first-order valence-electron chi connectivity index (χ1n) is 6.64. The van der Waals surface area contributed by atoms with Gasteiger partial charge in [0.15, 0.2) is 0 Å². The van der Waals surface area contributed by atoms with Crippen molar-refractivity contribution >= 4 is 23.0 Å². The molecule has 0 unspecified atom stereocenters. The molecule has 0 saturated heterocycles. The summed E-state index contributed by atoms with van der Waals surface area (Å²) in [5, 5.41) is 5.53. The van der Waals surface area contributed by atoms with Crippen molar-refractivity contribution in [2.24, 2.45) is 0 Å². The predicted octanol–water partition coefficient (Wildman–Crippen LogP) is 3.25. The maximum absolute atomic E-state index is 5.92. The average molecular weight is 276 g/mol. The largest absolute Gasteiger partial charge is 0.383 e. The molecule has 2 aromatic rings. The summed E-state index contributed by atoms with van der Waals surface area (Å²) < 4.78 is 0. The van der Waals surface area contributed by atoms with Crippen LogP contribution in [0.5, 0.6) is 0 Å². The van der Waals surface area contributed by atoms with Crippen LogP contribution in [0, 0.1) is 0 Å². The summed E-state index contributed by atoms with van der Waals surface area (Å²) in [4.78, 5) is 9.74. The van der Waals surface area contributed by atoms with Gasteiger partial charge in [0.2, 0.25) is 0 Å². The Kier molecular flexibility index (Phi) is 4.74. The van der Waals surface area contributed by atoms with Gasteiger partial charge in [0.1, 0.15) is 18.0 Å². The van der Waals surface area contributed by atoms with Crippen LogP contribution in [0.25, 0.3) is 0 Å². The number of nitrogen functional groups attached to an aromatic ring is 1. The first-order chi connectivity index (χ1) is 9.26. The molecule has 0 atom stereocenters. The summed E-state index contributed by atoms with van der Waals surface area (Å²) in [6, 6.07) is 2.18. The van der Waals surface area contributed by atoms with Gasteiger partial charge in [0, 0.05) is 10.4 Å². The molecule has 0 aliphatic carbocycles. The Morgan fingerprint density at radius 2 is 2.16 bits per heavy atom. The van der Waals surface area contributed by atoms with Crippen molar-refractivity contribution in [1.29, 1.82) is 0 Å². The highest BCUT2D eigenvalue weighted by Crippen LogP contribution is 2.22. The Morgan fingerprint density at radius 3 is 2.89 bits per heavy atom. The third-order valence-corrected chi connectivity index (χ3v) is 4.08. The highest BCUT2D eigenvalue weighted by molar-refractivity contribution is 7.10. The maximum Gasteiger partial charge on any atom is 0.135 e. The van der Waals surface area contributed by atoms with E-state index in [0.717, 1.165) is 37.2 Å². The summed E-state index contributed by atoms with van der Waals surface area (Å²) in [5.41, 5.74) is 8.35. The third kappa shape index (κ3) is 3.23. The molecule has 102 valence electrons. The average Bonchev–Trinajstić information content (AvgIpc) is 2.87. The summed E-state index contributed by atoms with van der Waals surface area (Å²) >= 11 is 1.78. The number of anilines is 2. The molecule has 2 rings (SSSR count). The van der Waals surface area contributed by atoms with E-state index in [1.807, 2.05) is 0 Å². The van der Waals surface area contributed by atoms with Gasteiger partial charge >= 0.3 is 0 Å². The zero-order chi connectivity index (χ0) is 13.7. The van der Waals surface area contributed by atoms with Crippen LogP contribution in [0.2, 0.25) is 0 Å². The molecule has 19 heavy (non-hydrogen) atoms. The topological polar surface area (TPSA) is 63.8 Å². The molecular weight excluding hydrogens is 256 g/mol. The molecule has 0 saturated carbocycles. The van der Waals surface area contributed by atoms with Gasteiger partial charge < -0.3 is 11.1 Å². The molecule has 4 nitrogen and oxygen atoms in total. The third-order valence-electron chi connectivity index (χ3n) is 3.11. The number of aryl methyl sites for hydroxylation is 1. The summed E-state index contributed by atoms with van der Waals surface area (Å²) in [6.07, 6.45) is 4.52. The van der Waals surface area contributed by atoms with Crippen LogP contribution in [0.1, 0.15) is 36.3 Å². The zero-order valence-electron chi connectivity index (χ0n) is 11.4. The summed E-state index contributed by atoms with van der Waals surface area (Å²) in [7, 11) is 0. The normalized spacial score (nSPS) is 10.6. The molecule has 5 heteroatoms. The number of hydrogen-bond donors (Lipinski definition) is 2. The first kappa shape index (κ1) is 13.8. The number of thiophene rings is 1. The lowest BCUT2D eigenvalue weighted by atomic mass is 10.1. The van der Waals surface area contributed by atoms with Crippen LogP contribution < -0.4 is 11.1 Å². The van der Waals surface area contributed by atoms with E-state index in [-0.39, 0.29) is 0 Å². The summed E-state index contributed by atoms with van der Waals surface area (Å²) in [6.45, 7) is 5.11. The van der Waals surface area contributed by atoms with Gasteiger partial charge in [-0.2, -0.15) is 0 Å². The van der Waals surface area contributed by atoms with Crippen LogP contribution >= 0.6 is 11.3 Å². The van der Waals surface area contributed by atoms with Crippen LogP contribution in [-0.4, -0.2) is 9.97 Å². The van der Waals surface area contributed by atoms with Crippen molar-refractivity contribution in [3.05, 3.63) is 33.8 Å². The van der Waals surface area contributed by atoms with Crippen molar-refractivity contribution in [1.82, 2.24) is 9.97 Å². The fourth-order valence-corrected chi connectivity index (χ4v) is 2.99. The lowest BCUT2D eigenvalue weighted by Gasteiger charge is -2.11. The highest BCUT2D eigenvalue weighted by Gasteiger charge is 2.09. The second kappa shape index (κ2) is 6.52. The van der Waals surface area contributed by atoms with E-state index in [4.69, 9.17) is 5.73 Å². The number of nitrogens with zero attached hydrogens (tertiary/aromatic N) is 2. The SMILES string of the molecule is CCCc1c(N)ncnc1NCc1sccc1CC. The molecular formula is C14H20N4S. The molecule has 3 N–H and O–H groups in total. The van der Waals surface area contributed by atoms with Gasteiger partial charge in [-0.05, 0) is 29.9 Å². The zero-order valence-corrected chi connectivity index (χ0v) is 12.3. The van der Waals surface area contributed by atoms with Crippen LogP contribution in [0.3, 0.4) is 0 Å².